The Morgan fingerprint density at radius 1 is 1.47 bits per heavy atom. The van der Waals surface area contributed by atoms with Gasteiger partial charge in [-0.25, -0.2) is 9.97 Å². The average Bonchev–Trinajstić information content (AvgIpc) is 2.70. The van der Waals surface area contributed by atoms with Gasteiger partial charge in [0.1, 0.15) is 12.4 Å². The van der Waals surface area contributed by atoms with Crippen LogP contribution >= 0.6 is 0 Å². The SMILES string of the molecule is Cc1ccc(N)c(-n2cnc(C#N)n2)n1. The number of hydrogen-bond donors (Lipinski definition) is 1. The van der Waals surface area contributed by atoms with Gasteiger partial charge in [0.2, 0.25) is 0 Å². The van der Waals surface area contributed by atoms with Crippen molar-refractivity contribution in [2.45, 2.75) is 6.92 Å². The van der Waals surface area contributed by atoms with Gasteiger partial charge in [0, 0.05) is 5.69 Å². The number of aryl methyl sites for hydroxylation is 1. The Morgan fingerprint density at radius 2 is 2.27 bits per heavy atom. The van der Waals surface area contributed by atoms with Crippen molar-refractivity contribution in [3.63, 3.8) is 0 Å². The summed E-state index contributed by atoms with van der Waals surface area (Å²) in [6, 6.07) is 5.39. The van der Waals surface area contributed by atoms with Crippen molar-refractivity contribution in [1.29, 1.82) is 5.26 Å². The van der Waals surface area contributed by atoms with E-state index < -0.39 is 0 Å². The molecule has 2 aromatic rings. The van der Waals surface area contributed by atoms with Crippen molar-refractivity contribution in [2.24, 2.45) is 0 Å². The molecule has 2 aromatic heterocycles. The van der Waals surface area contributed by atoms with Crippen molar-refractivity contribution < 1.29 is 0 Å². The van der Waals surface area contributed by atoms with Gasteiger partial charge in [-0.3, -0.25) is 0 Å². The molecule has 6 nitrogen and oxygen atoms in total. The van der Waals surface area contributed by atoms with Crippen LogP contribution in [0.15, 0.2) is 18.5 Å². The number of nitrogen functional groups attached to an aromatic ring is 1. The maximum absolute atomic E-state index is 8.58. The van der Waals surface area contributed by atoms with E-state index in [1.807, 2.05) is 13.0 Å². The van der Waals surface area contributed by atoms with Gasteiger partial charge >= 0.3 is 0 Å². The van der Waals surface area contributed by atoms with Crippen LogP contribution in [0.5, 0.6) is 0 Å². The van der Waals surface area contributed by atoms with Crippen LogP contribution in [0, 0.1) is 18.3 Å². The molecule has 0 aromatic carbocycles. The Hall–Kier alpha value is -2.42. The molecular formula is C9H8N6. The number of nitriles is 1. The van der Waals surface area contributed by atoms with E-state index in [-0.39, 0.29) is 5.82 Å². The van der Waals surface area contributed by atoms with Crippen molar-refractivity contribution in [3.8, 4) is 11.9 Å². The normalized spacial score (nSPS) is 9.87. The van der Waals surface area contributed by atoms with E-state index in [4.69, 9.17) is 11.0 Å². The van der Waals surface area contributed by atoms with Crippen LogP contribution in [-0.4, -0.2) is 19.7 Å². The monoisotopic (exact) mass is 200 g/mol. The number of nitrogens with two attached hydrogens (primary N) is 1. The molecule has 0 unspecified atom stereocenters. The third-order valence-electron chi connectivity index (χ3n) is 1.85. The van der Waals surface area contributed by atoms with E-state index in [0.717, 1.165) is 5.69 Å². The number of nitrogens with zero attached hydrogens (tertiary/aromatic N) is 5. The van der Waals surface area contributed by atoms with Gasteiger partial charge in [-0.2, -0.15) is 9.94 Å². The maximum Gasteiger partial charge on any atom is 0.252 e. The second kappa shape index (κ2) is 3.38. The highest BCUT2D eigenvalue weighted by atomic mass is 15.4. The van der Waals surface area contributed by atoms with Crippen molar-refractivity contribution >= 4 is 5.69 Å². The molecule has 0 bridgehead atoms. The summed E-state index contributed by atoms with van der Waals surface area (Å²) in [7, 11) is 0. The molecule has 0 aliphatic carbocycles. The minimum atomic E-state index is 0.0951. The highest BCUT2D eigenvalue weighted by Crippen LogP contribution is 2.13. The standard InChI is InChI=1S/C9H8N6/c1-6-2-3-7(11)9(13-6)15-5-12-8(4-10)14-15/h2-3,5H,11H2,1H3. The Bertz CT molecular complexity index is 536. The number of rotatable bonds is 1. The first-order chi connectivity index (χ1) is 7.20. The highest BCUT2D eigenvalue weighted by molar-refractivity contribution is 5.52. The molecule has 15 heavy (non-hydrogen) atoms. The van der Waals surface area contributed by atoms with Gasteiger partial charge in [-0.05, 0) is 19.1 Å². The topological polar surface area (TPSA) is 93.4 Å². The Labute approximate surface area is 86.0 Å². The predicted molar refractivity (Wildman–Crippen MR) is 53.0 cm³/mol. The first kappa shape index (κ1) is 9.15. The third kappa shape index (κ3) is 1.62. The molecule has 0 spiro atoms. The zero-order valence-electron chi connectivity index (χ0n) is 8.05. The van der Waals surface area contributed by atoms with E-state index in [0.29, 0.717) is 11.5 Å². The summed E-state index contributed by atoms with van der Waals surface area (Å²) in [6.07, 6.45) is 1.41. The van der Waals surface area contributed by atoms with Crippen LogP contribution in [0.4, 0.5) is 5.69 Å². The lowest BCUT2D eigenvalue weighted by Crippen LogP contribution is -2.04. The molecule has 2 N–H and O–H groups in total. The van der Waals surface area contributed by atoms with E-state index in [2.05, 4.69) is 15.1 Å². The summed E-state index contributed by atoms with van der Waals surface area (Å²) < 4.78 is 1.39. The van der Waals surface area contributed by atoms with E-state index in [1.165, 1.54) is 11.0 Å². The molecule has 74 valence electrons. The molecule has 0 radical (unpaired) electrons. The van der Waals surface area contributed by atoms with Gasteiger partial charge in [-0.1, -0.05) is 0 Å². The van der Waals surface area contributed by atoms with Gasteiger partial charge in [0.25, 0.3) is 5.82 Å². The van der Waals surface area contributed by atoms with Gasteiger partial charge < -0.3 is 5.73 Å². The second-order valence-electron chi connectivity index (χ2n) is 2.99. The smallest absolute Gasteiger partial charge is 0.252 e. The summed E-state index contributed by atoms with van der Waals surface area (Å²) in [4.78, 5) is 7.99. The average molecular weight is 200 g/mol. The number of pyridine rings is 1. The van der Waals surface area contributed by atoms with Crippen molar-refractivity contribution in [1.82, 2.24) is 19.7 Å². The van der Waals surface area contributed by atoms with Gasteiger partial charge in [0.15, 0.2) is 5.82 Å². The third-order valence-corrected chi connectivity index (χ3v) is 1.85. The zero-order valence-corrected chi connectivity index (χ0v) is 8.05. The molecule has 0 aliphatic heterocycles. The Morgan fingerprint density at radius 3 is 2.93 bits per heavy atom. The molecule has 0 saturated heterocycles. The fourth-order valence-corrected chi connectivity index (χ4v) is 1.15. The van der Waals surface area contributed by atoms with Crippen molar-refractivity contribution in [3.05, 3.63) is 30.0 Å². The number of hydrogen-bond acceptors (Lipinski definition) is 5. The first-order valence-corrected chi connectivity index (χ1v) is 4.26. The molecule has 2 heterocycles. The van der Waals surface area contributed by atoms with E-state index >= 15 is 0 Å². The Kier molecular flexibility index (Phi) is 2.06. The molecule has 6 heteroatoms. The van der Waals surface area contributed by atoms with E-state index in [9.17, 15) is 0 Å². The minimum absolute atomic E-state index is 0.0951. The second-order valence-corrected chi connectivity index (χ2v) is 2.99. The van der Waals surface area contributed by atoms with Crippen LogP contribution in [0.1, 0.15) is 11.5 Å². The molecule has 0 atom stereocenters. The summed E-state index contributed by atoms with van der Waals surface area (Å²) in [5, 5.41) is 12.5. The van der Waals surface area contributed by atoms with Crippen LogP contribution in [0.3, 0.4) is 0 Å². The highest BCUT2D eigenvalue weighted by Gasteiger charge is 2.06. The Balaban J connectivity index is 2.54. The van der Waals surface area contributed by atoms with E-state index in [1.54, 1.807) is 12.1 Å². The molecule has 0 fully saturated rings. The summed E-state index contributed by atoms with van der Waals surface area (Å²) in [5.74, 6) is 0.585. The number of aromatic nitrogens is 4. The number of anilines is 1. The lowest BCUT2D eigenvalue weighted by atomic mass is 10.3. The molecule has 0 amide bonds. The summed E-state index contributed by atoms with van der Waals surface area (Å²) >= 11 is 0. The lowest BCUT2D eigenvalue weighted by molar-refractivity contribution is 0.837. The quantitative estimate of drug-likeness (QED) is 0.720. The summed E-state index contributed by atoms with van der Waals surface area (Å²) in [5.41, 5.74) is 7.06. The van der Waals surface area contributed by atoms with Crippen LogP contribution in [-0.2, 0) is 0 Å². The fourth-order valence-electron chi connectivity index (χ4n) is 1.15. The minimum Gasteiger partial charge on any atom is -0.396 e. The largest absolute Gasteiger partial charge is 0.396 e. The van der Waals surface area contributed by atoms with Crippen LogP contribution < -0.4 is 5.73 Å². The molecule has 0 aliphatic rings. The molecule has 0 saturated carbocycles. The van der Waals surface area contributed by atoms with Gasteiger partial charge in [-0.15, -0.1) is 5.10 Å². The van der Waals surface area contributed by atoms with Crippen LogP contribution in [0.25, 0.3) is 5.82 Å². The molecule has 2 rings (SSSR count). The predicted octanol–water partition coefficient (Wildman–Crippen LogP) is 0.425. The van der Waals surface area contributed by atoms with Crippen LogP contribution in [0.2, 0.25) is 0 Å². The maximum atomic E-state index is 8.58. The van der Waals surface area contributed by atoms with Crippen molar-refractivity contribution in [2.75, 3.05) is 5.73 Å². The summed E-state index contributed by atoms with van der Waals surface area (Å²) in [6.45, 7) is 1.85. The first-order valence-electron chi connectivity index (χ1n) is 4.26. The lowest BCUT2D eigenvalue weighted by Gasteiger charge is -2.03. The molecular weight excluding hydrogens is 192 g/mol. The van der Waals surface area contributed by atoms with Gasteiger partial charge in [0.05, 0.1) is 5.69 Å². The fraction of sp³-hybridized carbons (Fsp3) is 0.111. The zero-order chi connectivity index (χ0) is 10.8.